The standard InChI is InChI=1S/C13H17NS/c1-2-6-12(7-3-1)8-4-5-9-13-14-10-11-15-13/h1-3,6-7H,4-5,8-11H2. The number of aliphatic imine (C=N–C) groups is 1. The zero-order valence-corrected chi connectivity index (χ0v) is 9.80. The van der Waals surface area contributed by atoms with Gasteiger partial charge in [0.2, 0.25) is 0 Å². The molecule has 15 heavy (non-hydrogen) atoms. The average Bonchev–Trinajstić information content (AvgIpc) is 2.79. The Morgan fingerprint density at radius 3 is 2.60 bits per heavy atom. The van der Waals surface area contributed by atoms with Crippen molar-refractivity contribution >= 4 is 16.8 Å². The second kappa shape index (κ2) is 5.96. The van der Waals surface area contributed by atoms with E-state index in [0.717, 1.165) is 6.54 Å². The molecule has 0 bridgehead atoms. The fourth-order valence-corrected chi connectivity index (χ4v) is 2.67. The maximum atomic E-state index is 4.46. The van der Waals surface area contributed by atoms with E-state index in [-0.39, 0.29) is 0 Å². The number of benzene rings is 1. The third-order valence-electron chi connectivity index (χ3n) is 2.60. The SMILES string of the molecule is c1ccc(CCCCC2=NCCS2)cc1. The second-order valence-corrected chi connectivity index (χ2v) is 4.98. The average molecular weight is 219 g/mol. The molecule has 0 saturated carbocycles. The highest BCUT2D eigenvalue weighted by Gasteiger charge is 2.05. The molecule has 0 atom stereocenters. The maximum absolute atomic E-state index is 4.46. The lowest BCUT2D eigenvalue weighted by atomic mass is 10.1. The molecule has 1 heterocycles. The molecule has 80 valence electrons. The highest BCUT2D eigenvalue weighted by molar-refractivity contribution is 8.14. The van der Waals surface area contributed by atoms with Gasteiger partial charge in [-0.1, -0.05) is 30.3 Å². The van der Waals surface area contributed by atoms with Gasteiger partial charge in [-0.2, -0.15) is 0 Å². The van der Waals surface area contributed by atoms with Crippen molar-refractivity contribution in [2.75, 3.05) is 12.3 Å². The van der Waals surface area contributed by atoms with Crippen LogP contribution in [0, 0.1) is 0 Å². The topological polar surface area (TPSA) is 12.4 Å². The van der Waals surface area contributed by atoms with Gasteiger partial charge in [0.25, 0.3) is 0 Å². The zero-order chi connectivity index (χ0) is 10.3. The van der Waals surface area contributed by atoms with Gasteiger partial charge < -0.3 is 0 Å². The molecule has 1 aliphatic heterocycles. The first kappa shape index (κ1) is 10.7. The van der Waals surface area contributed by atoms with Crippen LogP contribution in [0.1, 0.15) is 24.8 Å². The van der Waals surface area contributed by atoms with Crippen LogP contribution in [0.3, 0.4) is 0 Å². The van der Waals surface area contributed by atoms with E-state index < -0.39 is 0 Å². The number of aryl methyl sites for hydroxylation is 1. The molecule has 1 aromatic rings. The highest BCUT2D eigenvalue weighted by Crippen LogP contribution is 2.17. The molecule has 0 amide bonds. The normalized spacial score (nSPS) is 15.3. The van der Waals surface area contributed by atoms with Crippen LogP contribution in [0.15, 0.2) is 35.3 Å². The lowest BCUT2D eigenvalue weighted by Gasteiger charge is -2.01. The number of rotatable bonds is 5. The fourth-order valence-electron chi connectivity index (χ4n) is 1.78. The minimum atomic E-state index is 1.04. The van der Waals surface area contributed by atoms with Crippen LogP contribution >= 0.6 is 11.8 Å². The molecule has 2 heteroatoms. The lowest BCUT2D eigenvalue weighted by Crippen LogP contribution is -1.90. The molecule has 0 aromatic heterocycles. The van der Waals surface area contributed by atoms with E-state index >= 15 is 0 Å². The summed E-state index contributed by atoms with van der Waals surface area (Å²) in [7, 11) is 0. The van der Waals surface area contributed by atoms with Gasteiger partial charge in [0, 0.05) is 12.3 Å². The van der Waals surface area contributed by atoms with Crippen LogP contribution in [0.2, 0.25) is 0 Å². The summed E-state index contributed by atoms with van der Waals surface area (Å²) in [4.78, 5) is 4.46. The Bertz CT molecular complexity index is 319. The molecule has 0 spiro atoms. The van der Waals surface area contributed by atoms with Crippen LogP contribution < -0.4 is 0 Å². The summed E-state index contributed by atoms with van der Waals surface area (Å²) in [6.45, 7) is 1.04. The van der Waals surface area contributed by atoms with Crippen molar-refractivity contribution in [1.82, 2.24) is 0 Å². The van der Waals surface area contributed by atoms with E-state index in [0.29, 0.717) is 0 Å². The summed E-state index contributed by atoms with van der Waals surface area (Å²) in [5, 5.41) is 1.38. The number of nitrogens with zero attached hydrogens (tertiary/aromatic N) is 1. The summed E-state index contributed by atoms with van der Waals surface area (Å²) in [5.74, 6) is 1.20. The van der Waals surface area contributed by atoms with Gasteiger partial charge in [-0.25, -0.2) is 0 Å². The van der Waals surface area contributed by atoms with E-state index in [2.05, 4.69) is 35.3 Å². The maximum Gasteiger partial charge on any atom is 0.0676 e. The van der Waals surface area contributed by atoms with Crippen molar-refractivity contribution in [3.05, 3.63) is 35.9 Å². The minimum Gasteiger partial charge on any atom is -0.282 e. The third-order valence-corrected chi connectivity index (χ3v) is 3.65. The first-order valence-electron chi connectivity index (χ1n) is 5.65. The largest absolute Gasteiger partial charge is 0.282 e. The van der Waals surface area contributed by atoms with Crippen molar-refractivity contribution in [3.8, 4) is 0 Å². The van der Waals surface area contributed by atoms with Gasteiger partial charge in [0.05, 0.1) is 5.04 Å². The summed E-state index contributed by atoms with van der Waals surface area (Å²) >= 11 is 1.94. The summed E-state index contributed by atoms with van der Waals surface area (Å²) in [5.41, 5.74) is 1.46. The van der Waals surface area contributed by atoms with Crippen LogP contribution in [-0.4, -0.2) is 17.3 Å². The predicted octanol–water partition coefficient (Wildman–Crippen LogP) is 3.54. The van der Waals surface area contributed by atoms with Gasteiger partial charge in [0.15, 0.2) is 0 Å². The smallest absolute Gasteiger partial charge is 0.0676 e. The van der Waals surface area contributed by atoms with Crippen LogP contribution in [0.4, 0.5) is 0 Å². The second-order valence-electron chi connectivity index (χ2n) is 3.82. The van der Waals surface area contributed by atoms with E-state index in [9.17, 15) is 0 Å². The van der Waals surface area contributed by atoms with E-state index in [1.807, 2.05) is 11.8 Å². The van der Waals surface area contributed by atoms with Crippen molar-refractivity contribution in [2.45, 2.75) is 25.7 Å². The highest BCUT2D eigenvalue weighted by atomic mass is 32.2. The molecule has 0 aliphatic carbocycles. The minimum absolute atomic E-state index is 1.04. The Morgan fingerprint density at radius 2 is 1.87 bits per heavy atom. The molecule has 1 nitrogen and oxygen atoms in total. The van der Waals surface area contributed by atoms with Crippen LogP contribution in [-0.2, 0) is 6.42 Å². The molecule has 0 fully saturated rings. The molecule has 2 rings (SSSR count). The molecule has 0 unspecified atom stereocenters. The lowest BCUT2D eigenvalue weighted by molar-refractivity contribution is 0.764. The number of unbranched alkanes of at least 4 members (excludes halogenated alkanes) is 1. The van der Waals surface area contributed by atoms with Gasteiger partial charge in [0.1, 0.15) is 0 Å². The van der Waals surface area contributed by atoms with Gasteiger partial charge in [-0.05, 0) is 31.2 Å². The molecule has 1 aliphatic rings. The molecular weight excluding hydrogens is 202 g/mol. The monoisotopic (exact) mass is 219 g/mol. The quantitative estimate of drug-likeness (QED) is 0.690. The summed E-state index contributed by atoms with van der Waals surface area (Å²) < 4.78 is 0. The van der Waals surface area contributed by atoms with Crippen LogP contribution in [0.25, 0.3) is 0 Å². The van der Waals surface area contributed by atoms with E-state index in [4.69, 9.17) is 0 Å². The van der Waals surface area contributed by atoms with Crippen molar-refractivity contribution in [1.29, 1.82) is 0 Å². The number of hydrogen-bond donors (Lipinski definition) is 0. The van der Waals surface area contributed by atoms with Crippen LogP contribution in [0.5, 0.6) is 0 Å². The first-order chi connectivity index (χ1) is 7.45. The Labute approximate surface area is 96.0 Å². The van der Waals surface area contributed by atoms with Crippen molar-refractivity contribution in [2.24, 2.45) is 4.99 Å². The molecule has 0 saturated heterocycles. The Hall–Kier alpha value is -0.760. The Kier molecular flexibility index (Phi) is 4.27. The van der Waals surface area contributed by atoms with Gasteiger partial charge in [-0.3, -0.25) is 4.99 Å². The zero-order valence-electron chi connectivity index (χ0n) is 8.98. The number of thioether (sulfide) groups is 1. The molecular formula is C13H17NS. The van der Waals surface area contributed by atoms with E-state index in [1.54, 1.807) is 0 Å². The van der Waals surface area contributed by atoms with E-state index in [1.165, 1.54) is 42.0 Å². The Balaban J connectivity index is 1.63. The first-order valence-corrected chi connectivity index (χ1v) is 6.64. The number of hydrogen-bond acceptors (Lipinski definition) is 2. The molecule has 0 radical (unpaired) electrons. The van der Waals surface area contributed by atoms with Gasteiger partial charge >= 0.3 is 0 Å². The fraction of sp³-hybridized carbons (Fsp3) is 0.462. The summed E-state index contributed by atoms with van der Waals surface area (Å²) in [6.07, 6.45) is 4.96. The van der Waals surface area contributed by atoms with Crippen molar-refractivity contribution < 1.29 is 0 Å². The summed E-state index contributed by atoms with van der Waals surface area (Å²) in [6, 6.07) is 10.7. The molecule has 1 aromatic carbocycles. The van der Waals surface area contributed by atoms with Crippen molar-refractivity contribution in [3.63, 3.8) is 0 Å². The predicted molar refractivity (Wildman–Crippen MR) is 68.8 cm³/mol. The van der Waals surface area contributed by atoms with Gasteiger partial charge in [-0.15, -0.1) is 11.8 Å². The Morgan fingerprint density at radius 1 is 1.07 bits per heavy atom. The molecule has 0 N–H and O–H groups in total. The third kappa shape index (κ3) is 3.71.